The molecule has 2 aliphatic carbocycles. The first-order valence-corrected chi connectivity index (χ1v) is 24.9. The zero-order valence-corrected chi connectivity index (χ0v) is 41.8. The predicted octanol–water partition coefficient (Wildman–Crippen LogP) is 16.3. The van der Waals surface area contributed by atoms with Crippen molar-refractivity contribution in [2.24, 2.45) is 0 Å². The van der Waals surface area contributed by atoms with Crippen LogP contribution in [0.2, 0.25) is 0 Å². The van der Waals surface area contributed by atoms with Gasteiger partial charge >= 0.3 is 6.85 Å². The van der Waals surface area contributed by atoms with Gasteiger partial charge in [-0.25, -0.2) is 0 Å². The lowest BCUT2D eigenvalue weighted by Crippen LogP contribution is -2.61. The van der Waals surface area contributed by atoms with Gasteiger partial charge in [-0.3, -0.25) is 0 Å². The van der Waals surface area contributed by atoms with Crippen LogP contribution in [0.25, 0.3) is 55.2 Å². The van der Waals surface area contributed by atoms with Crippen molar-refractivity contribution in [3.05, 3.63) is 161 Å². The van der Waals surface area contributed by atoms with E-state index < -0.39 is 0 Å². The van der Waals surface area contributed by atoms with Gasteiger partial charge in [0.25, 0.3) is 0 Å². The Kier molecular flexibility index (Phi) is 8.22. The lowest BCUT2D eigenvalue weighted by Gasteiger charge is -2.46. The molecule has 4 heterocycles. The molecule has 0 N–H and O–H groups in total. The van der Waals surface area contributed by atoms with Gasteiger partial charge in [-0.2, -0.15) is 0 Å². The molecule has 0 fully saturated rings. The molecule has 0 spiro atoms. The highest BCUT2D eigenvalue weighted by Crippen LogP contribution is 2.60. The van der Waals surface area contributed by atoms with Crippen molar-refractivity contribution in [1.82, 2.24) is 0 Å². The Bertz CT molecular complexity index is 3620. The molecule has 0 unspecified atom stereocenters. The lowest BCUT2D eigenvalue weighted by atomic mass is 9.45. The number of para-hydroxylation sites is 1. The Morgan fingerprint density at radius 3 is 1.76 bits per heavy atom. The van der Waals surface area contributed by atoms with Gasteiger partial charge in [0.05, 0.1) is 5.69 Å². The highest BCUT2D eigenvalue weighted by molar-refractivity contribution is 6.93. The minimum Gasteiger partial charge on any atom is -0.466 e. The van der Waals surface area contributed by atoms with E-state index in [0.29, 0.717) is 0 Å². The van der Waals surface area contributed by atoms with Gasteiger partial charge in [0.2, 0.25) is 0 Å². The van der Waals surface area contributed by atoms with Crippen LogP contribution < -0.4 is 20.8 Å². The van der Waals surface area contributed by atoms with E-state index in [1.807, 2.05) is 0 Å². The third kappa shape index (κ3) is 5.62. The first-order valence-electron chi connectivity index (χ1n) is 24.9. The van der Waals surface area contributed by atoms with E-state index in [1.165, 1.54) is 66.6 Å². The predicted molar refractivity (Wildman–Crippen MR) is 287 cm³/mol. The number of fused-ring (bicyclic) bond motifs is 14. The Morgan fingerprint density at radius 2 is 1.09 bits per heavy atom. The average molecular weight is 889 g/mol. The monoisotopic (exact) mass is 888 g/mol. The minimum absolute atomic E-state index is 0.00156. The molecule has 2 aromatic heterocycles. The molecule has 338 valence electrons. The molecule has 13 rings (SSSR count). The number of anilines is 5. The van der Waals surface area contributed by atoms with Gasteiger partial charge in [0.15, 0.2) is 0 Å². The van der Waals surface area contributed by atoms with E-state index in [-0.39, 0.29) is 33.9 Å². The minimum atomic E-state index is -0.311. The zero-order valence-electron chi connectivity index (χ0n) is 41.8. The summed E-state index contributed by atoms with van der Waals surface area (Å²) in [5.74, 6) is 0. The molecule has 0 bridgehead atoms. The molecule has 0 saturated heterocycles. The number of hydrogen-bond donors (Lipinski definition) is 0. The highest BCUT2D eigenvalue weighted by atomic mass is 16.3. The molecule has 0 radical (unpaired) electrons. The molecule has 9 aromatic rings. The summed E-state index contributed by atoms with van der Waals surface area (Å²) in [4.78, 5) is 5.25. The van der Waals surface area contributed by atoms with Crippen molar-refractivity contribution in [1.29, 1.82) is 0 Å². The molecule has 2 aliphatic heterocycles. The third-order valence-corrected chi connectivity index (χ3v) is 16.8. The van der Waals surface area contributed by atoms with Crippen molar-refractivity contribution in [2.75, 3.05) is 9.71 Å². The fourth-order valence-electron chi connectivity index (χ4n) is 12.8. The van der Waals surface area contributed by atoms with Crippen molar-refractivity contribution in [3.8, 4) is 22.3 Å². The second kappa shape index (κ2) is 13.4. The standard InChI is InChI=1S/C63H61BN2O2/c1-59(2,3)36-21-25-38(26-22-36)65-56-46-32-48-49(62(9,10)30-29-61(48,7)8)35-53(46)68-58(56)64-55-45(31-44-40-17-13-15-19-47(40)63(11,12)54(44)57(55)65)42-34-52-43(41-18-14-16-20-51(41)67-52)33-50(42)66(64)39-27-23-37(24-28-39)60(4,5)6/h13-28,31-35H,29-30H2,1-12H3. The Balaban J connectivity index is 1.22. The Morgan fingerprint density at radius 1 is 0.485 bits per heavy atom. The smallest absolute Gasteiger partial charge is 0.375 e. The van der Waals surface area contributed by atoms with Gasteiger partial charge in [-0.15, -0.1) is 0 Å². The van der Waals surface area contributed by atoms with Crippen LogP contribution in [0.5, 0.6) is 0 Å². The normalized spacial score (nSPS) is 17.3. The van der Waals surface area contributed by atoms with Gasteiger partial charge in [-0.1, -0.05) is 150 Å². The summed E-state index contributed by atoms with van der Waals surface area (Å²) >= 11 is 0. The number of furan rings is 2. The summed E-state index contributed by atoms with van der Waals surface area (Å²) in [6.07, 6.45) is 2.27. The van der Waals surface area contributed by atoms with E-state index in [0.717, 1.165) is 74.3 Å². The first kappa shape index (κ1) is 41.7. The number of benzene rings is 7. The van der Waals surface area contributed by atoms with E-state index in [2.05, 4.69) is 220 Å². The number of rotatable bonds is 2. The Labute approximate surface area is 402 Å². The second-order valence-electron chi connectivity index (χ2n) is 24.4. The Hall–Kier alpha value is -6.46. The molecule has 0 amide bonds. The number of nitrogens with zero attached hydrogens (tertiary/aromatic N) is 2. The molecular formula is C63H61BN2O2. The van der Waals surface area contributed by atoms with E-state index in [1.54, 1.807) is 0 Å². The van der Waals surface area contributed by atoms with Crippen molar-refractivity contribution in [3.63, 3.8) is 0 Å². The first-order chi connectivity index (χ1) is 32.2. The van der Waals surface area contributed by atoms with Crippen molar-refractivity contribution < 1.29 is 8.83 Å². The zero-order chi connectivity index (χ0) is 47.2. The maximum Gasteiger partial charge on any atom is 0.375 e. The quantitative estimate of drug-likeness (QED) is 0.162. The van der Waals surface area contributed by atoms with Crippen LogP contribution in [0.1, 0.15) is 129 Å². The van der Waals surface area contributed by atoms with Crippen molar-refractivity contribution >= 4 is 79.3 Å². The molecular weight excluding hydrogens is 828 g/mol. The molecule has 0 atom stereocenters. The maximum atomic E-state index is 7.72. The van der Waals surface area contributed by atoms with Crippen LogP contribution in [0, 0.1) is 0 Å². The largest absolute Gasteiger partial charge is 0.466 e. The summed E-state index contributed by atoms with van der Waals surface area (Å²) in [7, 11) is 0. The van der Waals surface area contributed by atoms with Gasteiger partial charge in [0, 0.05) is 49.9 Å². The SMILES string of the molecule is CC(C)(C)c1ccc(N2B3c4oc5cc6c(cc5c4N(c4ccc(C(C)(C)C)cc4)c4c3c(cc3c4C(C)(C)c4ccccc4-3)-c3cc4oc5ccccc5c4cc32)C(C)(C)CCC6(C)C)cc1. The van der Waals surface area contributed by atoms with Crippen LogP contribution in [0.4, 0.5) is 28.4 Å². The van der Waals surface area contributed by atoms with Crippen molar-refractivity contribution in [2.45, 2.75) is 123 Å². The van der Waals surface area contributed by atoms with E-state index in [9.17, 15) is 0 Å². The molecule has 4 nitrogen and oxygen atoms in total. The highest BCUT2D eigenvalue weighted by Gasteiger charge is 2.53. The maximum absolute atomic E-state index is 7.72. The van der Waals surface area contributed by atoms with Crippen LogP contribution in [0.15, 0.2) is 136 Å². The molecule has 5 heteroatoms. The summed E-state index contributed by atoms with van der Waals surface area (Å²) in [5, 5.41) is 3.41. The van der Waals surface area contributed by atoms with Gasteiger partial charge < -0.3 is 18.5 Å². The summed E-state index contributed by atoms with van der Waals surface area (Å²) in [5.41, 5.74) is 23.7. The topological polar surface area (TPSA) is 32.8 Å². The van der Waals surface area contributed by atoms with E-state index >= 15 is 0 Å². The summed E-state index contributed by atoms with van der Waals surface area (Å²) in [6, 6.07) is 48.7. The van der Waals surface area contributed by atoms with Crippen LogP contribution in [0.3, 0.4) is 0 Å². The van der Waals surface area contributed by atoms with Crippen LogP contribution in [-0.2, 0) is 27.1 Å². The lowest BCUT2D eigenvalue weighted by molar-refractivity contribution is 0.332. The summed E-state index contributed by atoms with van der Waals surface area (Å²) < 4.78 is 14.5. The van der Waals surface area contributed by atoms with Gasteiger partial charge in [0.1, 0.15) is 22.4 Å². The fraction of sp³-hybridized carbons (Fsp3) is 0.302. The average Bonchev–Trinajstić information content (AvgIpc) is 3.93. The van der Waals surface area contributed by atoms with Crippen LogP contribution in [-0.4, -0.2) is 6.85 Å². The molecule has 0 saturated carbocycles. The fourth-order valence-corrected chi connectivity index (χ4v) is 12.8. The molecule has 4 aliphatic rings. The third-order valence-electron chi connectivity index (χ3n) is 16.8. The van der Waals surface area contributed by atoms with E-state index in [4.69, 9.17) is 8.83 Å². The van der Waals surface area contributed by atoms with Crippen LogP contribution >= 0.6 is 0 Å². The molecule has 68 heavy (non-hydrogen) atoms. The summed E-state index contributed by atoms with van der Waals surface area (Å²) in [6.45, 7) is 28.1. The van der Waals surface area contributed by atoms with Gasteiger partial charge in [-0.05, 0) is 151 Å². The molecule has 7 aromatic carbocycles. The number of hydrogen-bond acceptors (Lipinski definition) is 4. The second-order valence-corrected chi connectivity index (χ2v) is 24.4.